The molecule has 2 N–H and O–H groups in total. The van der Waals surface area contributed by atoms with Crippen molar-refractivity contribution in [2.75, 3.05) is 18.5 Å². The van der Waals surface area contributed by atoms with Gasteiger partial charge in [0, 0.05) is 13.1 Å². The molecule has 1 heterocycles. The molecule has 1 aromatic carbocycles. The molecular formula is C14H18N4O2. The van der Waals surface area contributed by atoms with E-state index in [1.807, 2.05) is 19.9 Å². The number of aromatic amines is 1. The monoisotopic (exact) mass is 274 g/mol. The highest BCUT2D eigenvalue weighted by atomic mass is 16.2. The number of likely N-dealkylation sites (N-methyl/N-ethyl adjacent to an activating group) is 1. The highest BCUT2D eigenvalue weighted by molar-refractivity contribution is 5.82. The van der Waals surface area contributed by atoms with E-state index in [-0.39, 0.29) is 24.1 Å². The normalized spacial score (nSPS) is 10.8. The van der Waals surface area contributed by atoms with Crippen LogP contribution in [-0.2, 0) is 4.79 Å². The van der Waals surface area contributed by atoms with E-state index >= 15 is 0 Å². The molecule has 0 aliphatic rings. The summed E-state index contributed by atoms with van der Waals surface area (Å²) in [5.74, 6) is 0.269. The maximum Gasteiger partial charge on any atom is 0.260 e. The lowest BCUT2D eigenvalue weighted by Crippen LogP contribution is -2.39. The molecule has 1 aromatic heterocycles. The minimum Gasteiger partial charge on any atom is -0.352 e. The number of para-hydroxylation sites is 1. The van der Waals surface area contributed by atoms with Crippen molar-refractivity contribution in [2.24, 2.45) is 0 Å². The highest BCUT2D eigenvalue weighted by Crippen LogP contribution is 2.10. The minimum atomic E-state index is -0.207. The number of anilines is 1. The third kappa shape index (κ3) is 3.14. The Kier molecular flexibility index (Phi) is 4.02. The van der Waals surface area contributed by atoms with E-state index in [1.54, 1.807) is 30.1 Å². The Labute approximate surface area is 116 Å². The standard InChI is InChI=1S/C14H18N4O2/c1-9(2)15-12(19)8-18(3)14-16-11-7-5-4-6-10(11)13(20)17-14/h4-7,9H,8H2,1-3H3,(H,15,19)(H,16,17,20). The number of hydrogen-bond donors (Lipinski definition) is 2. The van der Waals surface area contributed by atoms with Gasteiger partial charge in [-0.2, -0.15) is 0 Å². The largest absolute Gasteiger partial charge is 0.352 e. The quantitative estimate of drug-likeness (QED) is 0.867. The lowest BCUT2D eigenvalue weighted by molar-refractivity contribution is -0.120. The number of benzene rings is 1. The Morgan fingerprint density at radius 1 is 1.40 bits per heavy atom. The number of hydrogen-bond acceptors (Lipinski definition) is 4. The van der Waals surface area contributed by atoms with Crippen molar-refractivity contribution in [3.05, 3.63) is 34.6 Å². The van der Waals surface area contributed by atoms with Gasteiger partial charge in [-0.3, -0.25) is 14.6 Å². The topological polar surface area (TPSA) is 78.1 Å². The third-order valence-corrected chi connectivity index (χ3v) is 2.79. The summed E-state index contributed by atoms with van der Waals surface area (Å²) in [5.41, 5.74) is 0.407. The summed E-state index contributed by atoms with van der Waals surface area (Å²) >= 11 is 0. The smallest absolute Gasteiger partial charge is 0.260 e. The zero-order chi connectivity index (χ0) is 14.7. The van der Waals surface area contributed by atoms with Gasteiger partial charge in [-0.15, -0.1) is 0 Å². The van der Waals surface area contributed by atoms with Crippen molar-refractivity contribution in [1.82, 2.24) is 15.3 Å². The van der Waals surface area contributed by atoms with Crippen LogP contribution in [0, 0.1) is 0 Å². The number of carbonyl (C=O) groups excluding carboxylic acids is 1. The Morgan fingerprint density at radius 2 is 2.10 bits per heavy atom. The van der Waals surface area contributed by atoms with E-state index in [1.165, 1.54) is 0 Å². The second kappa shape index (κ2) is 5.73. The molecule has 0 saturated heterocycles. The molecule has 106 valence electrons. The predicted octanol–water partition coefficient (Wildman–Crippen LogP) is 0.884. The van der Waals surface area contributed by atoms with Crippen LogP contribution in [0.4, 0.5) is 5.95 Å². The minimum absolute atomic E-state index is 0.0829. The van der Waals surface area contributed by atoms with Crippen LogP contribution >= 0.6 is 0 Å². The summed E-state index contributed by atoms with van der Waals surface area (Å²) in [4.78, 5) is 32.3. The average Bonchev–Trinajstić information content (AvgIpc) is 2.37. The lowest BCUT2D eigenvalue weighted by Gasteiger charge is -2.18. The van der Waals surface area contributed by atoms with E-state index in [0.29, 0.717) is 16.9 Å². The number of amides is 1. The summed E-state index contributed by atoms with van der Waals surface area (Å²) < 4.78 is 0. The Morgan fingerprint density at radius 3 is 2.80 bits per heavy atom. The van der Waals surface area contributed by atoms with E-state index < -0.39 is 0 Å². The summed E-state index contributed by atoms with van der Waals surface area (Å²) in [5, 5.41) is 3.33. The molecule has 0 spiro atoms. The van der Waals surface area contributed by atoms with Crippen LogP contribution < -0.4 is 15.8 Å². The second-order valence-electron chi connectivity index (χ2n) is 4.98. The second-order valence-corrected chi connectivity index (χ2v) is 4.98. The maximum atomic E-state index is 11.9. The lowest BCUT2D eigenvalue weighted by atomic mass is 10.2. The van der Waals surface area contributed by atoms with Gasteiger partial charge in [-0.05, 0) is 26.0 Å². The zero-order valence-corrected chi connectivity index (χ0v) is 11.8. The van der Waals surface area contributed by atoms with Crippen molar-refractivity contribution in [3.8, 4) is 0 Å². The van der Waals surface area contributed by atoms with Crippen LogP contribution in [0.15, 0.2) is 29.1 Å². The van der Waals surface area contributed by atoms with Crippen molar-refractivity contribution >= 4 is 22.8 Å². The number of nitrogens with zero attached hydrogens (tertiary/aromatic N) is 2. The van der Waals surface area contributed by atoms with Gasteiger partial charge in [0.2, 0.25) is 11.9 Å². The molecular weight excluding hydrogens is 256 g/mol. The molecule has 0 unspecified atom stereocenters. The summed E-state index contributed by atoms with van der Waals surface area (Å²) in [7, 11) is 1.72. The summed E-state index contributed by atoms with van der Waals surface area (Å²) in [6.45, 7) is 3.93. The van der Waals surface area contributed by atoms with Gasteiger partial charge in [0.25, 0.3) is 5.56 Å². The van der Waals surface area contributed by atoms with Crippen LogP contribution in [0.25, 0.3) is 10.9 Å². The number of rotatable bonds is 4. The van der Waals surface area contributed by atoms with Crippen molar-refractivity contribution in [3.63, 3.8) is 0 Å². The number of H-pyrrole nitrogens is 1. The van der Waals surface area contributed by atoms with E-state index in [4.69, 9.17) is 0 Å². The van der Waals surface area contributed by atoms with Crippen LogP contribution in [0.2, 0.25) is 0 Å². The van der Waals surface area contributed by atoms with Gasteiger partial charge in [0.1, 0.15) is 0 Å². The van der Waals surface area contributed by atoms with E-state index in [0.717, 1.165) is 0 Å². The van der Waals surface area contributed by atoms with Gasteiger partial charge in [-0.1, -0.05) is 12.1 Å². The summed E-state index contributed by atoms with van der Waals surface area (Å²) in [6.07, 6.45) is 0. The molecule has 2 aromatic rings. The fraction of sp³-hybridized carbons (Fsp3) is 0.357. The van der Waals surface area contributed by atoms with Crippen LogP contribution in [0.1, 0.15) is 13.8 Å². The first-order valence-corrected chi connectivity index (χ1v) is 6.47. The van der Waals surface area contributed by atoms with Crippen molar-refractivity contribution in [2.45, 2.75) is 19.9 Å². The SMILES string of the molecule is CC(C)NC(=O)CN(C)c1nc2ccccc2c(=O)[nH]1. The number of carbonyl (C=O) groups is 1. The molecule has 0 fully saturated rings. The fourth-order valence-electron chi connectivity index (χ4n) is 1.91. The zero-order valence-electron chi connectivity index (χ0n) is 11.8. The van der Waals surface area contributed by atoms with Gasteiger partial charge in [0.15, 0.2) is 0 Å². The van der Waals surface area contributed by atoms with Crippen molar-refractivity contribution in [1.29, 1.82) is 0 Å². The molecule has 0 bridgehead atoms. The van der Waals surface area contributed by atoms with Gasteiger partial charge in [-0.25, -0.2) is 4.98 Å². The van der Waals surface area contributed by atoms with Crippen LogP contribution in [0.3, 0.4) is 0 Å². The third-order valence-electron chi connectivity index (χ3n) is 2.79. The van der Waals surface area contributed by atoms with Gasteiger partial charge >= 0.3 is 0 Å². The number of aromatic nitrogens is 2. The first-order valence-electron chi connectivity index (χ1n) is 6.47. The first-order chi connectivity index (χ1) is 9.47. The Bertz CT molecular complexity index is 678. The molecule has 0 aliphatic carbocycles. The van der Waals surface area contributed by atoms with Gasteiger partial charge in [0.05, 0.1) is 17.4 Å². The molecule has 0 saturated carbocycles. The Balaban J connectivity index is 2.24. The molecule has 0 atom stereocenters. The fourth-order valence-corrected chi connectivity index (χ4v) is 1.91. The molecule has 0 aliphatic heterocycles. The molecule has 6 nitrogen and oxygen atoms in total. The highest BCUT2D eigenvalue weighted by Gasteiger charge is 2.11. The Hall–Kier alpha value is -2.37. The molecule has 2 rings (SSSR count). The van der Waals surface area contributed by atoms with Crippen molar-refractivity contribution < 1.29 is 4.79 Å². The van der Waals surface area contributed by atoms with Crippen LogP contribution in [0.5, 0.6) is 0 Å². The molecule has 1 amide bonds. The average molecular weight is 274 g/mol. The molecule has 20 heavy (non-hydrogen) atoms. The number of nitrogens with one attached hydrogen (secondary N) is 2. The maximum absolute atomic E-state index is 11.9. The van der Waals surface area contributed by atoms with E-state index in [2.05, 4.69) is 15.3 Å². The number of fused-ring (bicyclic) bond motifs is 1. The summed E-state index contributed by atoms with van der Waals surface area (Å²) in [6, 6.07) is 7.19. The van der Waals surface area contributed by atoms with Gasteiger partial charge < -0.3 is 10.2 Å². The first kappa shape index (κ1) is 14.0. The van der Waals surface area contributed by atoms with E-state index in [9.17, 15) is 9.59 Å². The predicted molar refractivity (Wildman–Crippen MR) is 78.9 cm³/mol. The van der Waals surface area contributed by atoms with Crippen LogP contribution in [-0.4, -0.2) is 35.5 Å². The molecule has 6 heteroatoms. The molecule has 0 radical (unpaired) electrons.